The van der Waals surface area contributed by atoms with Crippen molar-refractivity contribution in [3.05, 3.63) is 12.3 Å². The number of nitrogens with zero attached hydrogens (tertiary/aromatic N) is 1. The average molecular weight is 436 g/mol. The lowest BCUT2D eigenvalue weighted by Crippen LogP contribution is -2.54. The summed E-state index contributed by atoms with van der Waals surface area (Å²) < 4.78 is 12.4. The van der Waals surface area contributed by atoms with Crippen LogP contribution in [0.3, 0.4) is 0 Å². The van der Waals surface area contributed by atoms with Gasteiger partial charge < -0.3 is 20.5 Å². The van der Waals surface area contributed by atoms with Crippen molar-refractivity contribution in [3.63, 3.8) is 0 Å². The van der Waals surface area contributed by atoms with Gasteiger partial charge in [0.15, 0.2) is 0 Å². The Morgan fingerprint density at radius 3 is 2.70 bits per heavy atom. The minimum absolute atomic E-state index is 0.269. The van der Waals surface area contributed by atoms with Gasteiger partial charge in [0.05, 0.1) is 30.8 Å². The molecule has 4 fully saturated rings. The average Bonchev–Trinajstić information content (AvgIpc) is 3.30. The third-order valence-electron chi connectivity index (χ3n) is 8.65. The van der Waals surface area contributed by atoms with Crippen molar-refractivity contribution in [3.8, 4) is 0 Å². The smallest absolute Gasteiger partial charge is 0.0835 e. The van der Waals surface area contributed by atoms with Crippen molar-refractivity contribution in [1.29, 1.82) is 0 Å². The van der Waals surface area contributed by atoms with Crippen LogP contribution in [-0.4, -0.2) is 65.6 Å². The fraction of sp³-hybridized carbons (Fsp3) is 0.917. The number of hydrogen-bond acceptors (Lipinski definition) is 6. The minimum Gasteiger partial charge on any atom is -0.379 e. The molecule has 0 aromatic rings. The zero-order valence-corrected chi connectivity index (χ0v) is 19.6. The van der Waals surface area contributed by atoms with E-state index in [0.717, 1.165) is 43.4 Å². The highest BCUT2D eigenvalue weighted by Crippen LogP contribution is 2.56. The SMILES string of the molecule is CC(N)C[C@H]1CCC2SC3NC=CC(OC4CCC(C)(N5CCOCC5)CC4)C3C21. The molecule has 7 atom stereocenters. The second kappa shape index (κ2) is 8.93. The van der Waals surface area contributed by atoms with Gasteiger partial charge in [0, 0.05) is 35.8 Å². The van der Waals surface area contributed by atoms with Crippen molar-refractivity contribution in [2.45, 2.75) is 93.2 Å². The van der Waals surface area contributed by atoms with Crippen LogP contribution in [0.1, 0.15) is 58.8 Å². The van der Waals surface area contributed by atoms with Gasteiger partial charge in [-0.25, -0.2) is 0 Å². The summed E-state index contributed by atoms with van der Waals surface area (Å²) in [5, 5.41) is 4.97. The fourth-order valence-electron chi connectivity index (χ4n) is 7.06. The van der Waals surface area contributed by atoms with Gasteiger partial charge in [-0.1, -0.05) is 0 Å². The highest BCUT2D eigenvalue weighted by molar-refractivity contribution is 8.00. The van der Waals surface area contributed by atoms with E-state index < -0.39 is 0 Å². The van der Waals surface area contributed by atoms with Crippen molar-refractivity contribution in [1.82, 2.24) is 10.2 Å². The minimum atomic E-state index is 0.269. The van der Waals surface area contributed by atoms with Crippen LogP contribution in [-0.2, 0) is 9.47 Å². The maximum Gasteiger partial charge on any atom is 0.0835 e. The van der Waals surface area contributed by atoms with Gasteiger partial charge >= 0.3 is 0 Å². The molecular weight excluding hydrogens is 394 g/mol. The van der Waals surface area contributed by atoms with Gasteiger partial charge in [-0.3, -0.25) is 4.90 Å². The molecule has 0 amide bonds. The van der Waals surface area contributed by atoms with Crippen LogP contribution in [0.4, 0.5) is 0 Å². The Labute approximate surface area is 186 Å². The zero-order valence-electron chi connectivity index (χ0n) is 18.8. The molecule has 0 aromatic heterocycles. The summed E-state index contributed by atoms with van der Waals surface area (Å²) in [5.41, 5.74) is 6.55. The summed E-state index contributed by atoms with van der Waals surface area (Å²) in [6, 6.07) is 0.306. The first-order valence-electron chi connectivity index (χ1n) is 12.4. The van der Waals surface area contributed by atoms with Gasteiger partial charge in [-0.05, 0) is 82.9 Å². The first-order valence-corrected chi connectivity index (χ1v) is 13.3. The number of hydrogen-bond donors (Lipinski definition) is 2. The largest absolute Gasteiger partial charge is 0.379 e. The van der Waals surface area contributed by atoms with Crippen LogP contribution in [0.15, 0.2) is 12.3 Å². The monoisotopic (exact) mass is 435 g/mol. The molecule has 0 radical (unpaired) electrons. The van der Waals surface area contributed by atoms with E-state index in [9.17, 15) is 0 Å². The Kier molecular flexibility index (Phi) is 6.42. The quantitative estimate of drug-likeness (QED) is 0.691. The lowest BCUT2D eigenvalue weighted by atomic mass is 9.76. The second-order valence-corrected chi connectivity index (χ2v) is 12.1. The van der Waals surface area contributed by atoms with E-state index in [2.05, 4.69) is 48.1 Å². The van der Waals surface area contributed by atoms with Gasteiger partial charge in [0.1, 0.15) is 0 Å². The molecule has 6 heteroatoms. The molecule has 5 aliphatic rings. The van der Waals surface area contributed by atoms with E-state index in [0.29, 0.717) is 29.0 Å². The van der Waals surface area contributed by atoms with Crippen LogP contribution < -0.4 is 11.1 Å². The third-order valence-corrected chi connectivity index (χ3v) is 10.3. The van der Waals surface area contributed by atoms with Gasteiger partial charge in [-0.15, -0.1) is 11.8 Å². The van der Waals surface area contributed by atoms with Gasteiger partial charge in [-0.2, -0.15) is 0 Å². The van der Waals surface area contributed by atoms with E-state index >= 15 is 0 Å². The molecule has 5 rings (SSSR count). The number of morpholine rings is 1. The molecule has 0 bridgehead atoms. The Bertz CT molecular complexity index is 616. The first kappa shape index (κ1) is 21.6. The molecular formula is C24H41N3O2S. The number of rotatable bonds is 5. The van der Waals surface area contributed by atoms with Crippen LogP contribution >= 0.6 is 11.8 Å². The Morgan fingerprint density at radius 1 is 1.20 bits per heavy atom. The molecule has 2 saturated heterocycles. The molecule has 0 aromatic carbocycles. The zero-order chi connectivity index (χ0) is 20.7. The highest BCUT2D eigenvalue weighted by Gasteiger charge is 2.54. The number of fused-ring (bicyclic) bond motifs is 3. The normalized spacial score (nSPS) is 47.5. The highest BCUT2D eigenvalue weighted by atomic mass is 32.2. The van der Waals surface area contributed by atoms with Gasteiger partial charge in [0.25, 0.3) is 0 Å². The van der Waals surface area contributed by atoms with Crippen molar-refractivity contribution in [2.24, 2.45) is 23.5 Å². The molecule has 30 heavy (non-hydrogen) atoms. The molecule has 3 heterocycles. The summed E-state index contributed by atoms with van der Waals surface area (Å²) in [6.45, 7) is 8.59. The Morgan fingerprint density at radius 2 is 1.97 bits per heavy atom. The molecule has 6 unspecified atom stereocenters. The first-order chi connectivity index (χ1) is 14.5. The van der Waals surface area contributed by atoms with Crippen molar-refractivity contribution >= 4 is 11.8 Å². The molecule has 0 spiro atoms. The van der Waals surface area contributed by atoms with E-state index in [-0.39, 0.29) is 6.10 Å². The Balaban J connectivity index is 1.22. The standard InChI is InChI=1S/C24H41N3O2S/c1-16(25)15-17-3-4-20-21(17)22-19(7-10-26-23(22)30-20)29-18-5-8-24(2,9-6-18)27-11-13-28-14-12-27/h7,10,16-23,26H,3-6,8-9,11-15,25H2,1-2H3/t16?,17-,18?,19?,20?,21?,22?,23?,24?/m1/s1. The lowest BCUT2D eigenvalue weighted by Gasteiger charge is -2.48. The molecule has 170 valence electrons. The molecule has 2 aliphatic carbocycles. The number of nitrogens with one attached hydrogen (secondary N) is 1. The number of thioether (sulfide) groups is 1. The fourth-order valence-corrected chi connectivity index (χ4v) is 8.97. The number of nitrogens with two attached hydrogens (primary N) is 1. The summed E-state index contributed by atoms with van der Waals surface area (Å²) in [4.78, 5) is 2.67. The van der Waals surface area contributed by atoms with Crippen LogP contribution in [0.25, 0.3) is 0 Å². The maximum absolute atomic E-state index is 6.87. The summed E-state index contributed by atoms with van der Waals surface area (Å²) >= 11 is 2.18. The molecule has 5 nitrogen and oxygen atoms in total. The van der Waals surface area contributed by atoms with Crippen molar-refractivity contribution < 1.29 is 9.47 Å². The van der Waals surface area contributed by atoms with E-state index in [1.165, 1.54) is 44.9 Å². The van der Waals surface area contributed by atoms with E-state index in [1.54, 1.807) is 0 Å². The summed E-state index contributed by atoms with van der Waals surface area (Å²) in [5.74, 6) is 2.13. The molecule has 3 N–H and O–H groups in total. The topological polar surface area (TPSA) is 59.8 Å². The van der Waals surface area contributed by atoms with Crippen molar-refractivity contribution in [2.75, 3.05) is 26.3 Å². The molecule has 2 saturated carbocycles. The van der Waals surface area contributed by atoms with E-state index in [1.807, 2.05) is 0 Å². The predicted octanol–water partition coefficient (Wildman–Crippen LogP) is 3.34. The maximum atomic E-state index is 6.87. The van der Waals surface area contributed by atoms with E-state index in [4.69, 9.17) is 15.2 Å². The Hall–Kier alpha value is -0.270. The second-order valence-electron chi connectivity index (χ2n) is 10.7. The predicted molar refractivity (Wildman–Crippen MR) is 123 cm³/mol. The summed E-state index contributed by atoms with van der Waals surface area (Å²) in [7, 11) is 0. The van der Waals surface area contributed by atoms with Crippen LogP contribution in [0, 0.1) is 17.8 Å². The molecule has 3 aliphatic heterocycles. The summed E-state index contributed by atoms with van der Waals surface area (Å²) in [6.07, 6.45) is 13.9. The van der Waals surface area contributed by atoms with Crippen LogP contribution in [0.5, 0.6) is 0 Å². The lowest BCUT2D eigenvalue weighted by molar-refractivity contribution is -0.0852. The number of ether oxygens (including phenoxy) is 2. The third kappa shape index (κ3) is 4.19. The van der Waals surface area contributed by atoms with Crippen LogP contribution in [0.2, 0.25) is 0 Å². The van der Waals surface area contributed by atoms with Gasteiger partial charge in [0.2, 0.25) is 0 Å².